The maximum atomic E-state index is 14.7. The van der Waals surface area contributed by atoms with E-state index in [1.165, 1.54) is 41.7 Å². The number of hydrogen-bond acceptors (Lipinski definition) is 1. The van der Waals surface area contributed by atoms with E-state index in [0.29, 0.717) is 48.5 Å². The van der Waals surface area contributed by atoms with Crippen LogP contribution in [0.3, 0.4) is 0 Å². The molecule has 14 heteroatoms. The predicted octanol–water partition coefficient (Wildman–Crippen LogP) is 12.9. The SMILES string of the molecule is C1CCOC1.CCn1c2c(-c3cc(F)c(F)c(F)c3)cc(-c3cc(F)c(F)c(F)c3)cc2c2cc(-c3cc(F)c(F)c(F)c3)cc(-c3cc(F)c(F)c(F)c3)c21. The number of ether oxygens (including phenoxy) is 1. The average molecular weight is 788 g/mol. The van der Waals surface area contributed by atoms with Crippen LogP contribution in [0.25, 0.3) is 66.3 Å². The zero-order valence-corrected chi connectivity index (χ0v) is 28.9. The van der Waals surface area contributed by atoms with Crippen molar-refractivity contribution in [2.45, 2.75) is 26.3 Å². The van der Waals surface area contributed by atoms with Crippen molar-refractivity contribution >= 4 is 21.8 Å². The highest BCUT2D eigenvalue weighted by Crippen LogP contribution is 2.45. The van der Waals surface area contributed by atoms with Gasteiger partial charge >= 0.3 is 0 Å². The topological polar surface area (TPSA) is 14.2 Å². The molecule has 0 bridgehead atoms. The Morgan fingerprint density at radius 1 is 0.393 bits per heavy atom. The molecule has 1 aliphatic rings. The molecular weight excluding hydrogens is 762 g/mol. The largest absolute Gasteiger partial charge is 0.381 e. The van der Waals surface area contributed by atoms with Gasteiger partial charge in [0, 0.05) is 41.7 Å². The minimum Gasteiger partial charge on any atom is -0.381 e. The highest BCUT2D eigenvalue weighted by Gasteiger charge is 2.25. The predicted molar refractivity (Wildman–Crippen MR) is 186 cm³/mol. The second-order valence-electron chi connectivity index (χ2n) is 12.9. The fourth-order valence-electron chi connectivity index (χ4n) is 6.84. The molecule has 0 amide bonds. The number of nitrogens with zero attached hydrogens (tertiary/aromatic N) is 1. The van der Waals surface area contributed by atoms with Gasteiger partial charge in [-0.05, 0) is 126 Å². The molecule has 1 fully saturated rings. The van der Waals surface area contributed by atoms with Gasteiger partial charge in [-0.1, -0.05) is 0 Å². The van der Waals surface area contributed by atoms with Crippen LogP contribution >= 0.6 is 0 Å². The molecule has 1 saturated heterocycles. The zero-order valence-electron chi connectivity index (χ0n) is 28.9. The third kappa shape index (κ3) is 6.86. The smallest absolute Gasteiger partial charge is 0.194 e. The normalized spacial score (nSPS) is 12.8. The summed E-state index contributed by atoms with van der Waals surface area (Å²) in [6.07, 6.45) is 2.56. The monoisotopic (exact) mass is 787 g/mol. The fourth-order valence-corrected chi connectivity index (χ4v) is 6.84. The van der Waals surface area contributed by atoms with E-state index in [1.807, 2.05) is 0 Å². The Hall–Kier alpha value is -5.76. The van der Waals surface area contributed by atoms with Gasteiger partial charge in [-0.3, -0.25) is 0 Å². The van der Waals surface area contributed by atoms with E-state index in [0.717, 1.165) is 13.2 Å². The molecule has 0 unspecified atom stereocenters. The molecule has 0 aliphatic carbocycles. The molecule has 1 aromatic heterocycles. The van der Waals surface area contributed by atoms with Crippen molar-refractivity contribution in [2.24, 2.45) is 0 Å². The lowest BCUT2D eigenvalue weighted by molar-refractivity contribution is 0.198. The van der Waals surface area contributed by atoms with Gasteiger partial charge in [-0.2, -0.15) is 0 Å². The lowest BCUT2D eigenvalue weighted by Gasteiger charge is -2.15. The number of fused-ring (bicyclic) bond motifs is 3. The molecule has 7 aromatic rings. The Labute approximate surface area is 310 Å². The van der Waals surface area contributed by atoms with Crippen LogP contribution in [0.5, 0.6) is 0 Å². The minimum absolute atomic E-state index is 0.0105. The van der Waals surface area contributed by atoms with Crippen LogP contribution in [0, 0.1) is 69.8 Å². The fraction of sp³-hybridized carbons (Fsp3) is 0.143. The first kappa shape index (κ1) is 38.5. The quantitative estimate of drug-likeness (QED) is 0.125. The van der Waals surface area contributed by atoms with Gasteiger partial charge in [-0.15, -0.1) is 0 Å². The zero-order chi connectivity index (χ0) is 40.2. The van der Waals surface area contributed by atoms with Gasteiger partial charge in [0.25, 0.3) is 0 Å². The Morgan fingerprint density at radius 3 is 0.911 bits per heavy atom. The summed E-state index contributed by atoms with van der Waals surface area (Å²) in [6, 6.07) is 10.4. The van der Waals surface area contributed by atoms with E-state index in [4.69, 9.17) is 4.74 Å². The Morgan fingerprint density at radius 2 is 0.661 bits per heavy atom. The van der Waals surface area contributed by atoms with Gasteiger partial charge in [0.2, 0.25) is 0 Å². The van der Waals surface area contributed by atoms with Crippen LogP contribution < -0.4 is 0 Å². The van der Waals surface area contributed by atoms with E-state index in [-0.39, 0.29) is 72.9 Å². The molecule has 0 saturated carbocycles. The third-order valence-corrected chi connectivity index (χ3v) is 9.42. The van der Waals surface area contributed by atoms with Gasteiger partial charge in [0.05, 0.1) is 11.0 Å². The number of rotatable bonds is 5. The first-order valence-corrected chi connectivity index (χ1v) is 17.0. The molecule has 0 atom stereocenters. The van der Waals surface area contributed by atoms with Crippen LogP contribution in [0.15, 0.2) is 72.8 Å². The Balaban J connectivity index is 0.000000891. The van der Waals surface area contributed by atoms with E-state index in [1.54, 1.807) is 6.92 Å². The second kappa shape index (κ2) is 15.1. The molecular formula is C42H25F12NO. The van der Waals surface area contributed by atoms with Crippen LogP contribution in [-0.2, 0) is 11.3 Å². The van der Waals surface area contributed by atoms with Crippen LogP contribution in [-0.4, -0.2) is 17.8 Å². The van der Waals surface area contributed by atoms with Gasteiger partial charge < -0.3 is 9.30 Å². The molecule has 6 aromatic carbocycles. The minimum atomic E-state index is -1.80. The summed E-state index contributed by atoms with van der Waals surface area (Å²) >= 11 is 0. The summed E-state index contributed by atoms with van der Waals surface area (Å²) in [7, 11) is 0. The number of hydrogen-bond donors (Lipinski definition) is 0. The van der Waals surface area contributed by atoms with Gasteiger partial charge in [0.15, 0.2) is 69.8 Å². The van der Waals surface area contributed by atoms with Crippen LogP contribution in [0.2, 0.25) is 0 Å². The maximum Gasteiger partial charge on any atom is 0.194 e. The Kier molecular flexibility index (Phi) is 10.4. The lowest BCUT2D eigenvalue weighted by atomic mass is 9.93. The van der Waals surface area contributed by atoms with Crippen molar-refractivity contribution in [2.75, 3.05) is 13.2 Å². The van der Waals surface area contributed by atoms with Crippen molar-refractivity contribution in [1.82, 2.24) is 4.57 Å². The molecule has 56 heavy (non-hydrogen) atoms. The number of benzene rings is 6. The molecule has 288 valence electrons. The van der Waals surface area contributed by atoms with Crippen molar-refractivity contribution < 1.29 is 57.4 Å². The van der Waals surface area contributed by atoms with Crippen LogP contribution in [0.1, 0.15) is 19.8 Å². The van der Waals surface area contributed by atoms with Crippen molar-refractivity contribution in [1.29, 1.82) is 0 Å². The number of aryl methyl sites for hydroxylation is 1. The Bertz CT molecular complexity index is 2420. The molecule has 0 N–H and O–H groups in total. The van der Waals surface area contributed by atoms with Crippen LogP contribution in [0.4, 0.5) is 52.7 Å². The van der Waals surface area contributed by atoms with Gasteiger partial charge in [0.1, 0.15) is 0 Å². The lowest BCUT2D eigenvalue weighted by Crippen LogP contribution is -2.00. The standard InChI is InChI=1S/C38H17F12N.C4H8O/c1-2-51-37-21(19-11-29(43)35(49)30(44)12-19)3-15(17-7-25(39)33(47)26(40)8-17)5-23(37)24-6-16(18-9-27(41)34(48)28(42)10-18)4-22(38(24)51)20-13-31(45)36(50)32(46)14-20;1-2-4-5-3-1/h3-14H,2H2,1H3;1-4H2. The summed E-state index contributed by atoms with van der Waals surface area (Å²) < 4.78 is 179. The van der Waals surface area contributed by atoms with Crippen molar-refractivity contribution in [3.05, 3.63) is 143 Å². The van der Waals surface area contributed by atoms with E-state index in [2.05, 4.69) is 0 Å². The second-order valence-corrected chi connectivity index (χ2v) is 12.9. The van der Waals surface area contributed by atoms with Gasteiger partial charge in [-0.25, -0.2) is 52.7 Å². The maximum absolute atomic E-state index is 14.7. The summed E-state index contributed by atoms with van der Waals surface area (Å²) in [5, 5.41) is 0.229. The highest BCUT2D eigenvalue weighted by molar-refractivity contribution is 6.18. The van der Waals surface area contributed by atoms with E-state index < -0.39 is 69.8 Å². The molecule has 1 aliphatic heterocycles. The molecule has 2 nitrogen and oxygen atoms in total. The third-order valence-electron chi connectivity index (χ3n) is 9.42. The van der Waals surface area contributed by atoms with E-state index in [9.17, 15) is 52.7 Å². The van der Waals surface area contributed by atoms with Crippen molar-refractivity contribution in [3.8, 4) is 44.5 Å². The van der Waals surface area contributed by atoms with Crippen molar-refractivity contribution in [3.63, 3.8) is 0 Å². The highest BCUT2D eigenvalue weighted by atomic mass is 19.2. The first-order valence-electron chi connectivity index (χ1n) is 17.0. The summed E-state index contributed by atoms with van der Waals surface area (Å²) in [5.41, 5.74) is -1.04. The number of halogens is 12. The van der Waals surface area contributed by atoms with E-state index >= 15 is 0 Å². The molecule has 8 rings (SSSR count). The summed E-state index contributed by atoms with van der Waals surface area (Å²) in [4.78, 5) is 0. The molecule has 2 heterocycles. The first-order chi connectivity index (χ1) is 26.7. The number of aromatic nitrogens is 1. The summed E-state index contributed by atoms with van der Waals surface area (Å²) in [6.45, 7) is 3.62. The molecule has 0 spiro atoms. The average Bonchev–Trinajstić information content (AvgIpc) is 3.86. The summed E-state index contributed by atoms with van der Waals surface area (Å²) in [5.74, 6) is -19.8. The molecule has 0 radical (unpaired) electrons.